The van der Waals surface area contributed by atoms with E-state index < -0.39 is 91.5 Å². The Morgan fingerprint density at radius 1 is 0.522 bits per heavy atom. The van der Waals surface area contributed by atoms with E-state index in [1.807, 2.05) is 124 Å². The second kappa shape index (κ2) is 17.3. The lowest BCUT2D eigenvalue weighted by atomic mass is 9.79. The van der Waals surface area contributed by atoms with Crippen LogP contribution in [0.3, 0.4) is 0 Å². The highest BCUT2D eigenvalue weighted by Gasteiger charge is 2.29. The van der Waals surface area contributed by atoms with Crippen molar-refractivity contribution in [3.63, 3.8) is 0 Å². The number of hydrogen-bond donors (Lipinski definition) is 1. The second-order valence-electron chi connectivity index (χ2n) is 18.4. The van der Waals surface area contributed by atoms with E-state index in [9.17, 15) is 6.48 Å². The molecule has 0 aliphatic heterocycles. The second-order valence-corrected chi connectivity index (χ2v) is 18.4. The van der Waals surface area contributed by atoms with Gasteiger partial charge in [-0.15, -0.1) is 0 Å². The van der Waals surface area contributed by atoms with Gasteiger partial charge < -0.3 is 5.11 Å². The SMILES string of the molecule is [2H]C(C)(C)c1cc(-n2c(-c3cc(C(C([2H])([2H])[2H])(C([2H])([2H])[2H])C([2H])([2H])[2H])cc(C(C([2H])([2H])[2H])(C([2H])([2H])[2H])C([2H])([2H])[2H])c3O)nc3c(-c4cc(-c5cc(-c6ccc(-c7ccccc7)cc6)ccn5)cc(C(C)(C)C)c4)cccc32)ccc1-c1ccccc1. The third-order valence-electron chi connectivity index (χ3n) is 12.2. The molecule has 0 bridgehead atoms. The standard InChI is InChI=1S/C63H63N3O/c1-40(2)53-39-50(29-30-51(53)44-21-16-13-17-22-44)66-57-24-18-23-52(58(57)65-60(66)54-37-49(62(6,7)8)38-55(59(54)67)63(9,10)11)46-33-47(35-48(34-46)61(3,4)5)56-36-45(31-32-64-56)43-27-25-42(26-28-43)41-19-14-12-15-20-41/h12-40,67H,1-11H3/i6D3,7D3,8D3,9D3,10D3,11D3,40D. The molecular formula is C63H63N3O. The number of rotatable bonds is 8. The van der Waals surface area contributed by atoms with E-state index in [2.05, 4.69) is 12.1 Å². The quantitative estimate of drug-likeness (QED) is 0.165. The summed E-state index contributed by atoms with van der Waals surface area (Å²) < 4.78 is 169. The molecule has 336 valence electrons. The molecule has 9 aromatic rings. The summed E-state index contributed by atoms with van der Waals surface area (Å²) >= 11 is 0. The van der Waals surface area contributed by atoms with Gasteiger partial charge in [0.05, 0.1) is 22.3 Å². The van der Waals surface area contributed by atoms with Crippen LogP contribution in [0.5, 0.6) is 5.75 Å². The number of fused-ring (bicyclic) bond motifs is 1. The van der Waals surface area contributed by atoms with Crippen LogP contribution < -0.4 is 0 Å². The van der Waals surface area contributed by atoms with Crippen LogP contribution in [-0.4, -0.2) is 19.6 Å². The Labute approximate surface area is 424 Å². The first-order chi connectivity index (χ1) is 39.6. The molecule has 1 N–H and O–H groups in total. The summed E-state index contributed by atoms with van der Waals surface area (Å²) in [5.41, 5.74) is -2.70. The summed E-state index contributed by atoms with van der Waals surface area (Å²) in [4.78, 5) is 10.0. The maximum Gasteiger partial charge on any atom is 0.149 e. The lowest BCUT2D eigenvalue weighted by Crippen LogP contribution is -2.17. The fourth-order valence-electron chi connectivity index (χ4n) is 8.65. The Kier molecular flexibility index (Phi) is 7.12. The highest BCUT2D eigenvalue weighted by molar-refractivity contribution is 5.97. The number of aromatic nitrogens is 3. The summed E-state index contributed by atoms with van der Waals surface area (Å²) in [5.74, 6) is -3.19. The summed E-state index contributed by atoms with van der Waals surface area (Å²) in [6.07, 6.45) is 1.72. The molecule has 9 rings (SSSR count). The lowest BCUT2D eigenvalue weighted by molar-refractivity contribution is 0.446. The van der Waals surface area contributed by atoms with Gasteiger partial charge >= 0.3 is 0 Å². The van der Waals surface area contributed by atoms with E-state index in [-0.39, 0.29) is 22.8 Å². The molecule has 2 heterocycles. The number of imidazole rings is 1. The largest absolute Gasteiger partial charge is 0.507 e. The van der Waals surface area contributed by atoms with E-state index in [0.717, 1.165) is 33.4 Å². The van der Waals surface area contributed by atoms with E-state index in [1.165, 1.54) is 4.57 Å². The molecule has 0 amide bonds. The lowest BCUT2D eigenvalue weighted by Gasteiger charge is -2.27. The van der Waals surface area contributed by atoms with Gasteiger partial charge in [-0.3, -0.25) is 9.55 Å². The monoisotopic (exact) mass is 897 g/mol. The maximum atomic E-state index is 13.0. The van der Waals surface area contributed by atoms with Crippen LogP contribution in [0.2, 0.25) is 0 Å². The van der Waals surface area contributed by atoms with Crippen molar-refractivity contribution < 1.29 is 31.2 Å². The van der Waals surface area contributed by atoms with Crippen molar-refractivity contribution >= 4 is 11.0 Å². The Hall–Kier alpha value is -7.04. The van der Waals surface area contributed by atoms with E-state index in [4.69, 9.17) is 34.6 Å². The smallest absolute Gasteiger partial charge is 0.149 e. The molecule has 0 aliphatic carbocycles. The first-order valence-electron chi connectivity index (χ1n) is 31.5. The van der Waals surface area contributed by atoms with Gasteiger partial charge in [-0.25, -0.2) is 4.98 Å². The Morgan fingerprint density at radius 3 is 1.81 bits per heavy atom. The minimum Gasteiger partial charge on any atom is -0.507 e. The van der Waals surface area contributed by atoms with Gasteiger partial charge in [0, 0.05) is 54.6 Å². The number of nitrogens with zero attached hydrogens (tertiary/aromatic N) is 3. The molecule has 2 aromatic heterocycles. The molecular weight excluding hydrogens is 815 g/mol. The predicted molar refractivity (Wildman–Crippen MR) is 283 cm³/mol. The van der Waals surface area contributed by atoms with Crippen LogP contribution in [-0.2, 0) is 16.2 Å². The fraction of sp³-hybridized carbons (Fsp3) is 0.238. The minimum atomic E-state index is -4.16. The van der Waals surface area contributed by atoms with Gasteiger partial charge in [0.2, 0.25) is 0 Å². The van der Waals surface area contributed by atoms with Gasteiger partial charge in [0.15, 0.2) is 0 Å². The van der Waals surface area contributed by atoms with Gasteiger partial charge in [0.25, 0.3) is 0 Å². The Bertz CT molecular complexity index is 3920. The van der Waals surface area contributed by atoms with Crippen molar-refractivity contribution in [1.82, 2.24) is 14.5 Å². The van der Waals surface area contributed by atoms with Crippen molar-refractivity contribution in [3.8, 4) is 78.6 Å². The molecule has 0 unspecified atom stereocenters. The first kappa shape index (κ1) is 27.6. The zero-order valence-electron chi connectivity index (χ0n) is 57.0. The molecule has 0 spiro atoms. The highest BCUT2D eigenvalue weighted by atomic mass is 16.3. The zero-order valence-corrected chi connectivity index (χ0v) is 38.0. The van der Waals surface area contributed by atoms with Gasteiger partial charge in [-0.1, -0.05) is 191 Å². The molecule has 4 heteroatoms. The van der Waals surface area contributed by atoms with Crippen LogP contribution >= 0.6 is 0 Å². The first-order valence-corrected chi connectivity index (χ1v) is 22.0. The number of phenolic OH excluding ortho intramolecular Hbond substituents is 1. The highest BCUT2D eigenvalue weighted by Crippen LogP contribution is 2.45. The van der Waals surface area contributed by atoms with Gasteiger partial charge in [0.1, 0.15) is 11.6 Å². The average Bonchev–Trinajstić information content (AvgIpc) is 0.775. The number of aromatic hydroxyl groups is 1. The van der Waals surface area contributed by atoms with Gasteiger partial charge in [-0.05, 0) is 126 Å². The third kappa shape index (κ3) is 8.98. The number of phenols is 1. The third-order valence-corrected chi connectivity index (χ3v) is 12.2. The molecule has 0 radical (unpaired) electrons. The van der Waals surface area contributed by atoms with Crippen molar-refractivity contribution in [2.45, 2.75) is 97.9 Å². The minimum absolute atomic E-state index is 0.146. The van der Waals surface area contributed by atoms with Crippen molar-refractivity contribution in [1.29, 1.82) is 0 Å². The van der Waals surface area contributed by atoms with Crippen molar-refractivity contribution in [3.05, 3.63) is 192 Å². The summed E-state index contributed by atoms with van der Waals surface area (Å²) in [6.45, 7) is -15.2. The molecule has 67 heavy (non-hydrogen) atoms. The number of benzene rings is 7. The van der Waals surface area contributed by atoms with Crippen LogP contribution in [0.4, 0.5) is 0 Å². The Balaban J connectivity index is 1.42. The van der Waals surface area contributed by atoms with E-state index in [0.29, 0.717) is 39.6 Å². The maximum absolute atomic E-state index is 13.0. The van der Waals surface area contributed by atoms with E-state index in [1.54, 1.807) is 56.4 Å². The summed E-state index contributed by atoms with van der Waals surface area (Å²) in [5, 5.41) is 13.0. The molecule has 0 aliphatic rings. The van der Waals surface area contributed by atoms with Crippen LogP contribution in [0.25, 0.3) is 83.9 Å². The molecule has 7 aromatic carbocycles. The molecule has 4 nitrogen and oxygen atoms in total. The van der Waals surface area contributed by atoms with Crippen LogP contribution in [0.1, 0.15) is 130 Å². The molecule has 0 atom stereocenters. The average molecular weight is 897 g/mol. The van der Waals surface area contributed by atoms with Crippen molar-refractivity contribution in [2.24, 2.45) is 0 Å². The number of hydrogen-bond acceptors (Lipinski definition) is 3. The Morgan fingerprint density at radius 2 is 1.15 bits per heavy atom. The zero-order chi connectivity index (χ0) is 63.3. The fourth-order valence-corrected chi connectivity index (χ4v) is 8.65. The predicted octanol–water partition coefficient (Wildman–Crippen LogP) is 17.1. The topological polar surface area (TPSA) is 50.9 Å². The van der Waals surface area contributed by atoms with E-state index >= 15 is 0 Å². The molecule has 0 saturated heterocycles. The van der Waals surface area contributed by atoms with Crippen molar-refractivity contribution in [2.75, 3.05) is 0 Å². The summed E-state index contributed by atoms with van der Waals surface area (Å²) in [6, 6.07) is 48.3. The molecule has 0 saturated carbocycles. The number of pyridine rings is 1. The molecule has 0 fully saturated rings. The van der Waals surface area contributed by atoms with Crippen LogP contribution in [0, 0.1) is 0 Å². The summed E-state index contributed by atoms with van der Waals surface area (Å²) in [7, 11) is 0. The normalized spacial score (nSPS) is 17.8. The van der Waals surface area contributed by atoms with Gasteiger partial charge in [-0.2, -0.15) is 0 Å². The number of para-hydroxylation sites is 1. The van der Waals surface area contributed by atoms with Crippen LogP contribution in [0.15, 0.2) is 170 Å².